The number of carbonyl (C=O) groups is 1. The first kappa shape index (κ1) is 20.4. The standard InChI is InChI=1S/C28H27NO3/c1-21-6-5-9-25(18-21)31-20-27(30)29-16-14-28(15-17-29)13-12-24-19-23(10-11-26(24)32-28)22-7-3-2-4-8-22/h2-13,18-19H,14-17,20H2,1H3. The number of carbonyl (C=O) groups excluding carboxylic acids is 1. The van der Waals surface area contributed by atoms with Crippen LogP contribution in [0.2, 0.25) is 0 Å². The highest BCUT2D eigenvalue weighted by atomic mass is 16.5. The number of fused-ring (bicyclic) bond motifs is 1. The molecule has 1 fully saturated rings. The summed E-state index contributed by atoms with van der Waals surface area (Å²) in [7, 11) is 0. The molecule has 0 aromatic heterocycles. The van der Waals surface area contributed by atoms with Gasteiger partial charge in [-0.25, -0.2) is 0 Å². The molecule has 3 aromatic rings. The molecular weight excluding hydrogens is 398 g/mol. The van der Waals surface area contributed by atoms with Crippen LogP contribution in [0.25, 0.3) is 17.2 Å². The van der Waals surface area contributed by atoms with Crippen molar-refractivity contribution in [1.82, 2.24) is 4.90 Å². The zero-order valence-corrected chi connectivity index (χ0v) is 18.3. The van der Waals surface area contributed by atoms with Crippen LogP contribution in [0, 0.1) is 6.92 Å². The summed E-state index contributed by atoms with van der Waals surface area (Å²) in [6.07, 6.45) is 5.90. The molecule has 2 aliphatic rings. The summed E-state index contributed by atoms with van der Waals surface area (Å²) in [4.78, 5) is 14.5. The molecular formula is C28H27NO3. The van der Waals surface area contributed by atoms with E-state index in [0.29, 0.717) is 13.1 Å². The molecule has 0 aliphatic carbocycles. The summed E-state index contributed by atoms with van der Waals surface area (Å²) in [6, 6.07) is 24.5. The number of rotatable bonds is 4. The third-order valence-electron chi connectivity index (χ3n) is 6.31. The van der Waals surface area contributed by atoms with Gasteiger partial charge in [-0.1, -0.05) is 54.6 Å². The van der Waals surface area contributed by atoms with Gasteiger partial charge in [-0.15, -0.1) is 0 Å². The van der Waals surface area contributed by atoms with Gasteiger partial charge in [0.1, 0.15) is 17.1 Å². The van der Waals surface area contributed by atoms with Crippen LogP contribution in [-0.2, 0) is 4.79 Å². The Bertz CT molecular complexity index is 1140. The van der Waals surface area contributed by atoms with Gasteiger partial charge in [0.15, 0.2) is 6.61 Å². The Kier molecular flexibility index (Phi) is 5.44. The first-order valence-electron chi connectivity index (χ1n) is 11.2. The summed E-state index contributed by atoms with van der Waals surface area (Å²) >= 11 is 0. The van der Waals surface area contributed by atoms with Gasteiger partial charge in [-0.3, -0.25) is 4.79 Å². The Morgan fingerprint density at radius 2 is 1.78 bits per heavy atom. The molecule has 4 nitrogen and oxygen atoms in total. The first-order valence-corrected chi connectivity index (χ1v) is 11.2. The molecule has 0 unspecified atom stereocenters. The maximum atomic E-state index is 12.6. The third kappa shape index (κ3) is 4.26. The van der Waals surface area contributed by atoms with E-state index in [0.717, 1.165) is 35.5 Å². The Balaban J connectivity index is 1.20. The predicted molar refractivity (Wildman–Crippen MR) is 127 cm³/mol. The van der Waals surface area contributed by atoms with Crippen molar-refractivity contribution in [1.29, 1.82) is 0 Å². The van der Waals surface area contributed by atoms with Crippen molar-refractivity contribution in [3.8, 4) is 22.6 Å². The van der Waals surface area contributed by atoms with Crippen LogP contribution in [0.5, 0.6) is 11.5 Å². The topological polar surface area (TPSA) is 38.8 Å². The largest absolute Gasteiger partial charge is 0.484 e. The van der Waals surface area contributed by atoms with Crippen molar-refractivity contribution in [2.75, 3.05) is 19.7 Å². The normalized spacial score (nSPS) is 16.3. The molecule has 0 saturated carbocycles. The smallest absolute Gasteiger partial charge is 0.260 e. The lowest BCUT2D eigenvalue weighted by atomic mass is 9.87. The molecule has 0 atom stereocenters. The number of benzene rings is 3. The lowest BCUT2D eigenvalue weighted by Gasteiger charge is -2.42. The minimum Gasteiger partial charge on any atom is -0.484 e. The molecule has 2 aliphatic heterocycles. The first-order chi connectivity index (χ1) is 15.6. The molecule has 162 valence electrons. The summed E-state index contributed by atoms with van der Waals surface area (Å²) in [6.45, 7) is 3.41. The average molecular weight is 426 g/mol. The van der Waals surface area contributed by atoms with Crippen LogP contribution in [0.15, 0.2) is 78.9 Å². The number of hydrogen-bond donors (Lipinski definition) is 0. The lowest BCUT2D eigenvalue weighted by Crippen LogP contribution is -2.50. The van der Waals surface area contributed by atoms with Crippen molar-refractivity contribution in [2.45, 2.75) is 25.4 Å². The van der Waals surface area contributed by atoms with Gasteiger partial charge in [0, 0.05) is 31.5 Å². The average Bonchev–Trinajstić information content (AvgIpc) is 2.83. The molecule has 1 saturated heterocycles. The Morgan fingerprint density at radius 1 is 0.969 bits per heavy atom. The molecule has 0 radical (unpaired) electrons. The number of aryl methyl sites for hydroxylation is 1. The van der Waals surface area contributed by atoms with Gasteiger partial charge in [0.25, 0.3) is 5.91 Å². The summed E-state index contributed by atoms with van der Waals surface area (Å²) in [5.41, 5.74) is 4.26. The predicted octanol–water partition coefficient (Wildman–Crippen LogP) is 5.51. The molecule has 5 rings (SSSR count). The highest BCUT2D eigenvalue weighted by Gasteiger charge is 2.38. The highest BCUT2D eigenvalue weighted by Crippen LogP contribution is 2.38. The van der Waals surface area contributed by atoms with Crippen molar-refractivity contribution in [2.24, 2.45) is 0 Å². The zero-order valence-electron chi connectivity index (χ0n) is 18.3. The third-order valence-corrected chi connectivity index (χ3v) is 6.31. The number of likely N-dealkylation sites (tertiary alicyclic amines) is 1. The SMILES string of the molecule is Cc1cccc(OCC(=O)N2CCC3(C=Cc4cc(-c5ccccc5)ccc4O3)CC2)c1. The van der Waals surface area contributed by atoms with E-state index in [-0.39, 0.29) is 18.1 Å². The van der Waals surface area contributed by atoms with Crippen molar-refractivity contribution in [3.63, 3.8) is 0 Å². The lowest BCUT2D eigenvalue weighted by molar-refractivity contribution is -0.136. The molecule has 4 heteroatoms. The Labute approximate surface area is 189 Å². The number of hydrogen-bond acceptors (Lipinski definition) is 3. The van der Waals surface area contributed by atoms with Crippen LogP contribution >= 0.6 is 0 Å². The summed E-state index contributed by atoms with van der Waals surface area (Å²) in [5.74, 6) is 1.67. The second kappa shape index (κ2) is 8.54. The van der Waals surface area contributed by atoms with E-state index in [9.17, 15) is 4.79 Å². The van der Waals surface area contributed by atoms with Crippen LogP contribution in [0.1, 0.15) is 24.0 Å². The van der Waals surface area contributed by atoms with Gasteiger partial charge >= 0.3 is 0 Å². The zero-order chi connectivity index (χ0) is 22.0. The molecule has 1 spiro atoms. The molecule has 0 bridgehead atoms. The fourth-order valence-electron chi connectivity index (χ4n) is 4.42. The molecule has 0 N–H and O–H groups in total. The number of ether oxygens (including phenoxy) is 2. The molecule has 1 amide bonds. The number of nitrogens with zero attached hydrogens (tertiary/aromatic N) is 1. The maximum absolute atomic E-state index is 12.6. The van der Waals surface area contributed by atoms with Gasteiger partial charge in [-0.2, -0.15) is 0 Å². The number of piperidine rings is 1. The van der Waals surface area contributed by atoms with Crippen LogP contribution < -0.4 is 9.47 Å². The highest BCUT2D eigenvalue weighted by molar-refractivity contribution is 5.78. The molecule has 32 heavy (non-hydrogen) atoms. The minimum absolute atomic E-state index is 0.0223. The van der Waals surface area contributed by atoms with E-state index in [1.807, 2.05) is 42.2 Å². The van der Waals surface area contributed by atoms with E-state index < -0.39 is 0 Å². The Hall–Kier alpha value is -3.53. The van der Waals surface area contributed by atoms with Gasteiger partial charge in [0.05, 0.1) is 0 Å². The molecule has 3 aromatic carbocycles. The summed E-state index contributed by atoms with van der Waals surface area (Å²) in [5, 5.41) is 0. The minimum atomic E-state index is -0.338. The van der Waals surface area contributed by atoms with E-state index in [2.05, 4.69) is 54.6 Å². The van der Waals surface area contributed by atoms with Crippen LogP contribution in [-0.4, -0.2) is 36.1 Å². The van der Waals surface area contributed by atoms with Gasteiger partial charge in [0.2, 0.25) is 0 Å². The summed E-state index contributed by atoms with van der Waals surface area (Å²) < 4.78 is 12.2. The van der Waals surface area contributed by atoms with Crippen molar-refractivity contribution < 1.29 is 14.3 Å². The van der Waals surface area contributed by atoms with Gasteiger partial charge in [-0.05, 0) is 54.0 Å². The van der Waals surface area contributed by atoms with Crippen molar-refractivity contribution >= 4 is 12.0 Å². The van der Waals surface area contributed by atoms with Crippen LogP contribution in [0.4, 0.5) is 0 Å². The number of amides is 1. The monoisotopic (exact) mass is 425 g/mol. The quantitative estimate of drug-likeness (QED) is 0.553. The van der Waals surface area contributed by atoms with Crippen molar-refractivity contribution in [3.05, 3.63) is 90.0 Å². The molecule has 2 heterocycles. The van der Waals surface area contributed by atoms with Gasteiger partial charge < -0.3 is 14.4 Å². The van der Waals surface area contributed by atoms with Crippen LogP contribution in [0.3, 0.4) is 0 Å². The van der Waals surface area contributed by atoms with E-state index in [1.165, 1.54) is 11.1 Å². The van der Waals surface area contributed by atoms with E-state index in [1.54, 1.807) is 0 Å². The maximum Gasteiger partial charge on any atom is 0.260 e. The second-order valence-electron chi connectivity index (χ2n) is 8.60. The van der Waals surface area contributed by atoms with E-state index >= 15 is 0 Å². The van der Waals surface area contributed by atoms with E-state index in [4.69, 9.17) is 9.47 Å². The Morgan fingerprint density at radius 3 is 2.56 bits per heavy atom. The fraction of sp³-hybridized carbons (Fsp3) is 0.250. The second-order valence-corrected chi connectivity index (χ2v) is 8.60. The fourth-order valence-corrected chi connectivity index (χ4v) is 4.42.